The number of rotatable bonds is 0. The molecule has 1 aromatic rings. The Labute approximate surface area is 74.8 Å². The van der Waals surface area contributed by atoms with Gasteiger partial charge in [0.2, 0.25) is 0 Å². The minimum Gasteiger partial charge on any atom is -0.384 e. The smallest absolute Gasteiger partial charge is 0.140 e. The van der Waals surface area contributed by atoms with Gasteiger partial charge in [-0.1, -0.05) is 23.4 Å². The van der Waals surface area contributed by atoms with Crippen LogP contribution in [0.2, 0.25) is 5.02 Å². The van der Waals surface area contributed by atoms with Gasteiger partial charge in [0.25, 0.3) is 0 Å². The standard InChI is InChI=1S/C9H6ClFO/c10-8-4-3-7(2-1-5-12)9(11)6-8/h3-4,6,12H,5H2. The molecule has 0 saturated heterocycles. The first kappa shape index (κ1) is 9.05. The Kier molecular flexibility index (Phi) is 3.09. The van der Waals surface area contributed by atoms with Crippen molar-refractivity contribution in [1.82, 2.24) is 0 Å². The van der Waals surface area contributed by atoms with Crippen molar-refractivity contribution in [2.75, 3.05) is 6.61 Å². The van der Waals surface area contributed by atoms with E-state index in [9.17, 15) is 4.39 Å². The minimum absolute atomic E-state index is 0.244. The van der Waals surface area contributed by atoms with Gasteiger partial charge < -0.3 is 5.11 Å². The fourth-order valence-corrected chi connectivity index (χ4v) is 0.884. The first-order valence-electron chi connectivity index (χ1n) is 3.29. The topological polar surface area (TPSA) is 20.2 Å². The third kappa shape index (κ3) is 2.23. The van der Waals surface area contributed by atoms with E-state index in [2.05, 4.69) is 11.8 Å². The van der Waals surface area contributed by atoms with Crippen molar-refractivity contribution in [2.45, 2.75) is 0 Å². The Hall–Kier alpha value is -1.04. The molecule has 1 aromatic carbocycles. The van der Waals surface area contributed by atoms with Crippen LogP contribution in [0.3, 0.4) is 0 Å². The molecule has 0 bridgehead atoms. The Balaban J connectivity index is 3.01. The zero-order valence-electron chi connectivity index (χ0n) is 6.14. The SMILES string of the molecule is OCC#Cc1ccc(Cl)cc1F. The lowest BCUT2D eigenvalue weighted by Gasteiger charge is -1.93. The third-order valence-electron chi connectivity index (χ3n) is 1.23. The van der Waals surface area contributed by atoms with Crippen LogP contribution in [0.1, 0.15) is 5.56 Å². The molecule has 0 spiro atoms. The van der Waals surface area contributed by atoms with Gasteiger partial charge in [0, 0.05) is 5.02 Å². The van der Waals surface area contributed by atoms with Crippen LogP contribution in [0.5, 0.6) is 0 Å². The van der Waals surface area contributed by atoms with Crippen LogP contribution in [-0.2, 0) is 0 Å². The second kappa shape index (κ2) is 4.10. The molecule has 0 heterocycles. The highest BCUT2D eigenvalue weighted by Crippen LogP contribution is 2.13. The molecular weight excluding hydrogens is 179 g/mol. The van der Waals surface area contributed by atoms with E-state index >= 15 is 0 Å². The molecule has 3 heteroatoms. The predicted octanol–water partition coefficient (Wildman–Crippen LogP) is 1.82. The van der Waals surface area contributed by atoms with Gasteiger partial charge in [0.05, 0.1) is 5.56 Å². The Morgan fingerprint density at radius 1 is 1.50 bits per heavy atom. The number of halogens is 2. The normalized spacial score (nSPS) is 8.92. The second-order valence-electron chi connectivity index (χ2n) is 2.08. The molecule has 1 rings (SSSR count). The van der Waals surface area contributed by atoms with Gasteiger partial charge in [-0.2, -0.15) is 0 Å². The van der Waals surface area contributed by atoms with E-state index in [1.807, 2.05) is 0 Å². The molecule has 0 atom stereocenters. The number of hydrogen-bond donors (Lipinski definition) is 1. The van der Waals surface area contributed by atoms with E-state index in [0.717, 1.165) is 0 Å². The maximum absolute atomic E-state index is 12.9. The van der Waals surface area contributed by atoms with Crippen LogP contribution in [0, 0.1) is 17.7 Å². The number of aliphatic hydroxyl groups is 1. The van der Waals surface area contributed by atoms with E-state index < -0.39 is 5.82 Å². The van der Waals surface area contributed by atoms with Crippen molar-refractivity contribution in [3.63, 3.8) is 0 Å². The quantitative estimate of drug-likeness (QED) is 0.610. The molecule has 0 aliphatic rings. The summed E-state index contributed by atoms with van der Waals surface area (Å²) >= 11 is 5.51. The molecular formula is C9H6ClFO. The lowest BCUT2D eigenvalue weighted by atomic mass is 10.2. The molecule has 1 nitrogen and oxygen atoms in total. The Morgan fingerprint density at radius 3 is 2.83 bits per heavy atom. The van der Waals surface area contributed by atoms with Crippen molar-refractivity contribution in [1.29, 1.82) is 0 Å². The van der Waals surface area contributed by atoms with Crippen molar-refractivity contribution < 1.29 is 9.50 Å². The van der Waals surface area contributed by atoms with Gasteiger partial charge in [-0.3, -0.25) is 0 Å². The van der Waals surface area contributed by atoms with Crippen LogP contribution in [0.15, 0.2) is 18.2 Å². The zero-order valence-corrected chi connectivity index (χ0v) is 6.90. The van der Waals surface area contributed by atoms with E-state index in [0.29, 0.717) is 5.02 Å². The van der Waals surface area contributed by atoms with Crippen LogP contribution >= 0.6 is 11.6 Å². The molecule has 0 radical (unpaired) electrons. The lowest BCUT2D eigenvalue weighted by Crippen LogP contribution is -1.83. The van der Waals surface area contributed by atoms with Crippen molar-refractivity contribution >= 4 is 11.6 Å². The minimum atomic E-state index is -0.469. The Bertz CT molecular complexity index is 338. The summed E-state index contributed by atoms with van der Waals surface area (Å²) < 4.78 is 12.9. The van der Waals surface area contributed by atoms with Crippen LogP contribution < -0.4 is 0 Å². The summed E-state index contributed by atoms with van der Waals surface area (Å²) in [6.45, 7) is -0.276. The number of benzene rings is 1. The molecule has 0 unspecified atom stereocenters. The van der Waals surface area contributed by atoms with Gasteiger partial charge >= 0.3 is 0 Å². The summed E-state index contributed by atoms with van der Waals surface area (Å²) in [4.78, 5) is 0. The number of hydrogen-bond acceptors (Lipinski definition) is 1. The molecule has 0 aliphatic carbocycles. The van der Waals surface area contributed by atoms with E-state index in [1.54, 1.807) is 6.07 Å². The fraction of sp³-hybridized carbons (Fsp3) is 0.111. The first-order chi connectivity index (χ1) is 5.74. The molecule has 0 aromatic heterocycles. The predicted molar refractivity (Wildman–Crippen MR) is 45.4 cm³/mol. The van der Waals surface area contributed by atoms with Crippen molar-refractivity contribution in [3.8, 4) is 11.8 Å². The van der Waals surface area contributed by atoms with Crippen LogP contribution in [0.25, 0.3) is 0 Å². The fourth-order valence-electron chi connectivity index (χ4n) is 0.726. The van der Waals surface area contributed by atoms with E-state index in [4.69, 9.17) is 16.7 Å². The summed E-state index contributed by atoms with van der Waals surface area (Å²) in [5, 5.41) is 8.69. The first-order valence-corrected chi connectivity index (χ1v) is 3.66. The maximum Gasteiger partial charge on any atom is 0.140 e. The second-order valence-corrected chi connectivity index (χ2v) is 2.52. The van der Waals surface area contributed by atoms with Gasteiger partial charge in [-0.15, -0.1) is 0 Å². The van der Waals surface area contributed by atoms with Gasteiger partial charge in [0.15, 0.2) is 0 Å². The molecule has 0 saturated carbocycles. The molecule has 12 heavy (non-hydrogen) atoms. The zero-order chi connectivity index (χ0) is 8.97. The van der Waals surface area contributed by atoms with Gasteiger partial charge in [-0.05, 0) is 18.2 Å². The number of aliphatic hydroxyl groups excluding tert-OH is 1. The summed E-state index contributed by atoms with van der Waals surface area (Å²) in [6, 6.07) is 4.20. The van der Waals surface area contributed by atoms with Crippen LogP contribution in [-0.4, -0.2) is 11.7 Å². The monoisotopic (exact) mass is 184 g/mol. The highest BCUT2D eigenvalue weighted by molar-refractivity contribution is 6.30. The average Bonchev–Trinajstić information content (AvgIpc) is 2.03. The van der Waals surface area contributed by atoms with Gasteiger partial charge in [0.1, 0.15) is 12.4 Å². The van der Waals surface area contributed by atoms with Crippen LogP contribution in [0.4, 0.5) is 4.39 Å². The molecule has 0 aliphatic heterocycles. The Morgan fingerprint density at radius 2 is 2.25 bits per heavy atom. The average molecular weight is 185 g/mol. The summed E-state index contributed by atoms with van der Waals surface area (Å²) in [7, 11) is 0. The highest BCUT2D eigenvalue weighted by atomic mass is 35.5. The van der Waals surface area contributed by atoms with Gasteiger partial charge in [-0.25, -0.2) is 4.39 Å². The van der Waals surface area contributed by atoms with Crippen molar-refractivity contribution in [3.05, 3.63) is 34.6 Å². The summed E-state index contributed by atoms with van der Waals surface area (Å²) in [5.41, 5.74) is 0.244. The third-order valence-corrected chi connectivity index (χ3v) is 1.47. The largest absolute Gasteiger partial charge is 0.384 e. The van der Waals surface area contributed by atoms with E-state index in [-0.39, 0.29) is 12.2 Å². The maximum atomic E-state index is 12.9. The molecule has 0 fully saturated rings. The highest BCUT2D eigenvalue weighted by Gasteiger charge is 1.98. The molecule has 62 valence electrons. The lowest BCUT2D eigenvalue weighted by molar-refractivity contribution is 0.350. The van der Waals surface area contributed by atoms with E-state index in [1.165, 1.54) is 12.1 Å². The summed E-state index contributed by atoms with van der Waals surface area (Å²) in [6.07, 6.45) is 0. The van der Waals surface area contributed by atoms with Crippen molar-refractivity contribution in [2.24, 2.45) is 0 Å². The molecule has 0 amide bonds. The molecule has 1 N–H and O–H groups in total. The summed E-state index contributed by atoms with van der Waals surface area (Å²) in [5.74, 6) is 4.33.